The Hall–Kier alpha value is -1.39. The van der Waals surface area contributed by atoms with E-state index in [0.717, 1.165) is 16.4 Å². The molecule has 68 valence electrons. The first-order chi connectivity index (χ1) is 6.25. The van der Waals surface area contributed by atoms with Crippen molar-refractivity contribution in [2.75, 3.05) is 7.05 Å². The first kappa shape index (κ1) is 8.22. The number of fused-ring (bicyclic) bond motifs is 1. The lowest BCUT2D eigenvalue weighted by Crippen LogP contribution is -2.11. The smallest absolute Gasteiger partial charge is 0.137 e. The lowest BCUT2D eigenvalue weighted by molar-refractivity contribution is -0.0739. The molecule has 2 aromatic heterocycles. The zero-order valence-electron chi connectivity index (χ0n) is 7.38. The van der Waals surface area contributed by atoms with Crippen molar-refractivity contribution in [3.05, 3.63) is 36.3 Å². The average Bonchev–Trinajstić information content (AvgIpc) is 2.44. The standard InChI is InChI=1S/C9H11N3O/c1-11(13)6-8-7-12-5-3-2-4-9(12)10-8/h2-5,7,13H,6H2,1H3. The van der Waals surface area contributed by atoms with Crippen LogP contribution in [-0.2, 0) is 6.54 Å². The fraction of sp³-hybridized carbons (Fsp3) is 0.222. The Labute approximate surface area is 76.0 Å². The maximum absolute atomic E-state index is 9.02. The highest BCUT2D eigenvalue weighted by Gasteiger charge is 2.01. The van der Waals surface area contributed by atoms with Crippen LogP contribution in [0.25, 0.3) is 5.65 Å². The van der Waals surface area contributed by atoms with Crippen LogP contribution in [0.2, 0.25) is 0 Å². The molecular formula is C9H11N3O. The third-order valence-electron chi connectivity index (χ3n) is 1.80. The second kappa shape index (κ2) is 3.16. The van der Waals surface area contributed by atoms with Gasteiger partial charge in [-0.3, -0.25) is 0 Å². The summed E-state index contributed by atoms with van der Waals surface area (Å²) in [5, 5.41) is 10.1. The van der Waals surface area contributed by atoms with Crippen LogP contribution in [0.5, 0.6) is 0 Å². The van der Waals surface area contributed by atoms with Gasteiger partial charge in [-0.2, -0.15) is 5.06 Å². The van der Waals surface area contributed by atoms with Crippen LogP contribution < -0.4 is 0 Å². The summed E-state index contributed by atoms with van der Waals surface area (Å²) in [5.74, 6) is 0. The van der Waals surface area contributed by atoms with Gasteiger partial charge in [0.15, 0.2) is 0 Å². The third-order valence-corrected chi connectivity index (χ3v) is 1.80. The van der Waals surface area contributed by atoms with Crippen LogP contribution in [-0.4, -0.2) is 26.7 Å². The highest BCUT2D eigenvalue weighted by molar-refractivity contribution is 5.39. The summed E-state index contributed by atoms with van der Waals surface area (Å²) < 4.78 is 1.93. The molecule has 2 aromatic rings. The Morgan fingerprint density at radius 1 is 1.54 bits per heavy atom. The number of imidazole rings is 1. The molecule has 0 atom stereocenters. The number of rotatable bonds is 2. The van der Waals surface area contributed by atoms with Crippen LogP contribution in [0.15, 0.2) is 30.6 Å². The highest BCUT2D eigenvalue weighted by atomic mass is 16.5. The van der Waals surface area contributed by atoms with Gasteiger partial charge in [0, 0.05) is 19.4 Å². The van der Waals surface area contributed by atoms with Crippen LogP contribution in [0.3, 0.4) is 0 Å². The molecule has 1 N–H and O–H groups in total. The van der Waals surface area contributed by atoms with Crippen molar-refractivity contribution in [1.29, 1.82) is 0 Å². The molecule has 4 nitrogen and oxygen atoms in total. The van der Waals surface area contributed by atoms with E-state index in [1.54, 1.807) is 7.05 Å². The topological polar surface area (TPSA) is 40.8 Å². The van der Waals surface area contributed by atoms with Gasteiger partial charge in [0.25, 0.3) is 0 Å². The van der Waals surface area contributed by atoms with Crippen molar-refractivity contribution in [3.63, 3.8) is 0 Å². The summed E-state index contributed by atoms with van der Waals surface area (Å²) in [6, 6.07) is 5.82. The van der Waals surface area contributed by atoms with Crippen LogP contribution in [0.1, 0.15) is 5.69 Å². The van der Waals surface area contributed by atoms with Gasteiger partial charge in [-0.1, -0.05) is 6.07 Å². The quantitative estimate of drug-likeness (QED) is 0.700. The van der Waals surface area contributed by atoms with Gasteiger partial charge < -0.3 is 9.61 Å². The number of hydrogen-bond donors (Lipinski definition) is 1. The fourth-order valence-corrected chi connectivity index (χ4v) is 1.30. The largest absolute Gasteiger partial charge is 0.314 e. The minimum Gasteiger partial charge on any atom is -0.314 e. The van der Waals surface area contributed by atoms with Crippen molar-refractivity contribution in [2.45, 2.75) is 6.54 Å². The molecule has 0 amide bonds. The van der Waals surface area contributed by atoms with Crippen molar-refractivity contribution < 1.29 is 5.21 Å². The van der Waals surface area contributed by atoms with E-state index in [9.17, 15) is 0 Å². The van der Waals surface area contributed by atoms with Gasteiger partial charge in [0.2, 0.25) is 0 Å². The van der Waals surface area contributed by atoms with Gasteiger partial charge >= 0.3 is 0 Å². The molecule has 0 aromatic carbocycles. The molecule has 2 rings (SSSR count). The summed E-state index contributed by atoms with van der Waals surface area (Å²) in [7, 11) is 1.60. The van der Waals surface area contributed by atoms with Gasteiger partial charge in [-0.25, -0.2) is 4.98 Å². The molecule has 13 heavy (non-hydrogen) atoms. The van der Waals surface area contributed by atoms with Crippen LogP contribution in [0, 0.1) is 0 Å². The predicted molar refractivity (Wildman–Crippen MR) is 48.4 cm³/mol. The normalized spacial score (nSPS) is 11.3. The predicted octanol–water partition coefficient (Wildman–Crippen LogP) is 1.16. The van der Waals surface area contributed by atoms with Crippen molar-refractivity contribution in [2.24, 2.45) is 0 Å². The van der Waals surface area contributed by atoms with Crippen molar-refractivity contribution in [3.8, 4) is 0 Å². The van der Waals surface area contributed by atoms with E-state index in [1.165, 1.54) is 0 Å². The Balaban J connectivity index is 2.38. The number of pyridine rings is 1. The second-order valence-electron chi connectivity index (χ2n) is 3.01. The molecule has 2 heterocycles. The van der Waals surface area contributed by atoms with Crippen molar-refractivity contribution >= 4 is 5.65 Å². The number of aromatic nitrogens is 2. The minimum absolute atomic E-state index is 0.446. The zero-order chi connectivity index (χ0) is 9.26. The minimum atomic E-state index is 0.446. The zero-order valence-corrected chi connectivity index (χ0v) is 7.38. The van der Waals surface area contributed by atoms with Gasteiger partial charge in [-0.15, -0.1) is 0 Å². The Morgan fingerprint density at radius 2 is 2.38 bits per heavy atom. The molecule has 0 unspecified atom stereocenters. The van der Waals surface area contributed by atoms with Gasteiger partial charge in [-0.05, 0) is 12.1 Å². The first-order valence-corrected chi connectivity index (χ1v) is 4.08. The Kier molecular flexibility index (Phi) is 2.00. The van der Waals surface area contributed by atoms with E-state index < -0.39 is 0 Å². The Bertz CT molecular complexity index is 375. The van der Waals surface area contributed by atoms with E-state index in [0.29, 0.717) is 6.54 Å². The molecule has 0 radical (unpaired) electrons. The summed E-state index contributed by atoms with van der Waals surface area (Å²) in [6.45, 7) is 0.446. The van der Waals surface area contributed by atoms with E-state index in [4.69, 9.17) is 5.21 Å². The molecular weight excluding hydrogens is 166 g/mol. The summed E-state index contributed by atoms with van der Waals surface area (Å²) >= 11 is 0. The number of nitrogens with zero attached hydrogens (tertiary/aromatic N) is 3. The third kappa shape index (κ3) is 1.68. The monoisotopic (exact) mass is 177 g/mol. The van der Waals surface area contributed by atoms with Crippen molar-refractivity contribution in [1.82, 2.24) is 14.4 Å². The first-order valence-electron chi connectivity index (χ1n) is 4.08. The van der Waals surface area contributed by atoms with E-state index >= 15 is 0 Å². The van der Waals surface area contributed by atoms with Crippen LogP contribution >= 0.6 is 0 Å². The molecule has 4 heteroatoms. The van der Waals surface area contributed by atoms with E-state index in [2.05, 4.69) is 4.98 Å². The summed E-state index contributed by atoms with van der Waals surface area (Å²) in [6.07, 6.45) is 3.84. The molecule has 0 fully saturated rings. The summed E-state index contributed by atoms with van der Waals surface area (Å²) in [5.41, 5.74) is 1.76. The Morgan fingerprint density at radius 3 is 3.08 bits per heavy atom. The highest BCUT2D eigenvalue weighted by Crippen LogP contribution is 2.05. The van der Waals surface area contributed by atoms with E-state index in [1.807, 2.05) is 35.0 Å². The van der Waals surface area contributed by atoms with Gasteiger partial charge in [0.05, 0.1) is 12.2 Å². The molecule has 0 aliphatic rings. The summed E-state index contributed by atoms with van der Waals surface area (Å²) in [4.78, 5) is 4.31. The molecule has 0 aliphatic carbocycles. The molecule has 0 saturated heterocycles. The second-order valence-corrected chi connectivity index (χ2v) is 3.01. The molecule has 0 aliphatic heterocycles. The molecule has 0 spiro atoms. The molecule has 0 bridgehead atoms. The maximum Gasteiger partial charge on any atom is 0.137 e. The molecule has 0 saturated carbocycles. The van der Waals surface area contributed by atoms with Gasteiger partial charge in [0.1, 0.15) is 5.65 Å². The number of hydrogen-bond acceptors (Lipinski definition) is 3. The average molecular weight is 177 g/mol. The fourth-order valence-electron chi connectivity index (χ4n) is 1.30. The van der Waals surface area contributed by atoms with E-state index in [-0.39, 0.29) is 0 Å². The lowest BCUT2D eigenvalue weighted by Gasteiger charge is -2.02. The number of hydroxylamine groups is 2. The maximum atomic E-state index is 9.02. The SMILES string of the molecule is CN(O)Cc1cn2ccccc2n1. The van der Waals surface area contributed by atoms with Crippen LogP contribution in [0.4, 0.5) is 0 Å². The lowest BCUT2D eigenvalue weighted by atomic mass is 10.5.